The molecule has 21 heavy (non-hydrogen) atoms. The Balaban J connectivity index is 2.16. The van der Waals surface area contributed by atoms with Gasteiger partial charge in [0.15, 0.2) is 17.8 Å². The predicted octanol–water partition coefficient (Wildman–Crippen LogP) is 3.64. The summed E-state index contributed by atoms with van der Waals surface area (Å²) in [6.07, 6.45) is 2.77. The second-order valence-electron chi connectivity index (χ2n) is 5.58. The third kappa shape index (κ3) is 2.33. The molecule has 0 unspecified atom stereocenters. The van der Waals surface area contributed by atoms with Crippen molar-refractivity contribution in [3.05, 3.63) is 53.2 Å². The van der Waals surface area contributed by atoms with Gasteiger partial charge < -0.3 is 0 Å². The highest BCUT2D eigenvalue weighted by molar-refractivity contribution is 5.85. The fourth-order valence-electron chi connectivity index (χ4n) is 2.46. The van der Waals surface area contributed by atoms with Crippen molar-refractivity contribution in [2.45, 2.75) is 26.7 Å². The molecule has 0 spiro atoms. The summed E-state index contributed by atoms with van der Waals surface area (Å²) in [5.74, 6) is 1.25. The van der Waals surface area contributed by atoms with Crippen LogP contribution in [0.2, 0.25) is 0 Å². The van der Waals surface area contributed by atoms with Gasteiger partial charge in [-0.25, -0.2) is 0 Å². The molecule has 4 heteroatoms. The summed E-state index contributed by atoms with van der Waals surface area (Å²) < 4.78 is 1.88. The van der Waals surface area contributed by atoms with Crippen molar-refractivity contribution in [2.75, 3.05) is 0 Å². The van der Waals surface area contributed by atoms with Crippen LogP contribution in [0.25, 0.3) is 17.0 Å². The van der Waals surface area contributed by atoms with Crippen LogP contribution in [-0.4, -0.2) is 20.9 Å². The molecular formula is C17H17N3O. The van der Waals surface area contributed by atoms with E-state index < -0.39 is 0 Å². The average molecular weight is 279 g/mol. The SMILES string of the molecule is Cc1cc(C=O)c2nnc(-c3ccc(C(C)C)cc3)n2c1. The first-order valence-electron chi connectivity index (χ1n) is 7.01. The van der Waals surface area contributed by atoms with E-state index in [0.717, 1.165) is 23.2 Å². The molecule has 0 aliphatic heterocycles. The summed E-state index contributed by atoms with van der Waals surface area (Å²) in [6, 6.07) is 10.1. The average Bonchev–Trinajstić information content (AvgIpc) is 2.90. The summed E-state index contributed by atoms with van der Waals surface area (Å²) in [5.41, 5.74) is 4.45. The lowest BCUT2D eigenvalue weighted by Gasteiger charge is -2.06. The Kier molecular flexibility index (Phi) is 3.29. The van der Waals surface area contributed by atoms with Gasteiger partial charge in [-0.3, -0.25) is 9.20 Å². The first-order chi connectivity index (χ1) is 10.1. The van der Waals surface area contributed by atoms with Gasteiger partial charge in [-0.15, -0.1) is 10.2 Å². The van der Waals surface area contributed by atoms with Crippen LogP contribution in [0.15, 0.2) is 36.5 Å². The molecule has 0 saturated heterocycles. The number of rotatable bonds is 3. The predicted molar refractivity (Wildman–Crippen MR) is 82.6 cm³/mol. The minimum atomic E-state index is 0.498. The first-order valence-corrected chi connectivity index (χ1v) is 7.01. The zero-order valence-corrected chi connectivity index (χ0v) is 12.4. The van der Waals surface area contributed by atoms with Gasteiger partial charge in [-0.1, -0.05) is 38.1 Å². The number of benzene rings is 1. The van der Waals surface area contributed by atoms with Crippen LogP contribution >= 0.6 is 0 Å². The normalized spacial score (nSPS) is 11.2. The quantitative estimate of drug-likeness (QED) is 0.688. The van der Waals surface area contributed by atoms with Crippen LogP contribution in [0.5, 0.6) is 0 Å². The molecule has 0 atom stereocenters. The summed E-state index contributed by atoms with van der Waals surface area (Å²) in [6.45, 7) is 6.29. The zero-order valence-electron chi connectivity index (χ0n) is 12.4. The summed E-state index contributed by atoms with van der Waals surface area (Å²) in [5, 5.41) is 8.39. The zero-order chi connectivity index (χ0) is 15.0. The van der Waals surface area contributed by atoms with Crippen LogP contribution in [0.3, 0.4) is 0 Å². The lowest BCUT2D eigenvalue weighted by molar-refractivity contribution is 0.112. The van der Waals surface area contributed by atoms with Gasteiger partial charge in [0.2, 0.25) is 0 Å². The van der Waals surface area contributed by atoms with Gasteiger partial charge in [0.05, 0.1) is 5.56 Å². The number of fused-ring (bicyclic) bond motifs is 1. The van der Waals surface area contributed by atoms with E-state index in [0.29, 0.717) is 17.1 Å². The molecule has 2 heterocycles. The minimum Gasteiger partial charge on any atom is -0.298 e. The van der Waals surface area contributed by atoms with Gasteiger partial charge in [-0.2, -0.15) is 0 Å². The monoisotopic (exact) mass is 279 g/mol. The number of nitrogens with zero attached hydrogens (tertiary/aromatic N) is 3. The molecule has 3 rings (SSSR count). The van der Waals surface area contributed by atoms with E-state index in [1.807, 2.05) is 23.6 Å². The maximum absolute atomic E-state index is 11.2. The number of aromatic nitrogens is 3. The second kappa shape index (κ2) is 5.13. The second-order valence-corrected chi connectivity index (χ2v) is 5.58. The lowest BCUT2D eigenvalue weighted by atomic mass is 10.0. The summed E-state index contributed by atoms with van der Waals surface area (Å²) >= 11 is 0. The molecule has 0 aliphatic rings. The van der Waals surface area contributed by atoms with Crippen LogP contribution in [0.1, 0.15) is 41.3 Å². The Morgan fingerprint density at radius 3 is 2.48 bits per heavy atom. The summed E-state index contributed by atoms with van der Waals surface area (Å²) in [7, 11) is 0. The van der Waals surface area contributed by atoms with Gasteiger partial charge in [0.1, 0.15) is 0 Å². The van der Waals surface area contributed by atoms with Crippen molar-refractivity contribution in [2.24, 2.45) is 0 Å². The van der Waals surface area contributed by atoms with Gasteiger partial charge in [-0.05, 0) is 30.0 Å². The van der Waals surface area contributed by atoms with E-state index in [9.17, 15) is 4.79 Å². The van der Waals surface area contributed by atoms with E-state index in [1.165, 1.54) is 5.56 Å². The summed E-state index contributed by atoms with van der Waals surface area (Å²) in [4.78, 5) is 11.2. The number of aryl methyl sites for hydroxylation is 1. The molecule has 2 aromatic heterocycles. The fourth-order valence-corrected chi connectivity index (χ4v) is 2.46. The molecule has 0 aliphatic carbocycles. The Hall–Kier alpha value is -2.49. The molecule has 4 nitrogen and oxygen atoms in total. The van der Waals surface area contributed by atoms with Crippen molar-refractivity contribution in [1.29, 1.82) is 0 Å². The highest BCUT2D eigenvalue weighted by Gasteiger charge is 2.12. The third-order valence-electron chi connectivity index (χ3n) is 3.63. The number of hydrogen-bond donors (Lipinski definition) is 0. The van der Waals surface area contributed by atoms with E-state index >= 15 is 0 Å². The number of pyridine rings is 1. The Labute approximate surface area is 123 Å². The molecule has 0 amide bonds. The maximum atomic E-state index is 11.2. The maximum Gasteiger partial charge on any atom is 0.171 e. The topological polar surface area (TPSA) is 47.3 Å². The molecule has 3 aromatic rings. The number of aldehydes is 1. The van der Waals surface area contributed by atoms with E-state index in [1.54, 1.807) is 0 Å². The van der Waals surface area contributed by atoms with Gasteiger partial charge in [0, 0.05) is 11.8 Å². The molecule has 0 fully saturated rings. The Morgan fingerprint density at radius 1 is 1.14 bits per heavy atom. The van der Waals surface area contributed by atoms with Gasteiger partial charge >= 0.3 is 0 Å². The minimum absolute atomic E-state index is 0.498. The first kappa shape index (κ1) is 13.5. The van der Waals surface area contributed by atoms with E-state index in [2.05, 4.69) is 48.3 Å². The largest absolute Gasteiger partial charge is 0.298 e. The standard InChI is InChI=1S/C17H17N3O/c1-11(2)13-4-6-14(7-5-13)16-18-19-17-15(10-21)8-12(3)9-20(16)17/h4-11H,1-3H3. The van der Waals surface area contributed by atoms with Crippen LogP contribution in [0.4, 0.5) is 0 Å². The fraction of sp³-hybridized carbons (Fsp3) is 0.235. The van der Waals surface area contributed by atoms with Crippen LogP contribution < -0.4 is 0 Å². The number of carbonyl (C=O) groups excluding carboxylic acids is 1. The molecule has 0 radical (unpaired) electrons. The lowest BCUT2D eigenvalue weighted by Crippen LogP contribution is -1.95. The van der Waals surface area contributed by atoms with Crippen LogP contribution in [0, 0.1) is 6.92 Å². The molecule has 0 bridgehead atoms. The van der Waals surface area contributed by atoms with Crippen molar-refractivity contribution in [3.8, 4) is 11.4 Å². The van der Waals surface area contributed by atoms with Crippen molar-refractivity contribution >= 4 is 11.9 Å². The molecule has 1 aromatic carbocycles. The number of carbonyl (C=O) groups is 1. The smallest absolute Gasteiger partial charge is 0.171 e. The van der Waals surface area contributed by atoms with E-state index in [4.69, 9.17) is 0 Å². The third-order valence-corrected chi connectivity index (χ3v) is 3.63. The molecule has 106 valence electrons. The van der Waals surface area contributed by atoms with Crippen molar-refractivity contribution in [3.63, 3.8) is 0 Å². The number of hydrogen-bond acceptors (Lipinski definition) is 3. The van der Waals surface area contributed by atoms with Gasteiger partial charge in [0.25, 0.3) is 0 Å². The molecule has 0 saturated carbocycles. The molecule has 0 N–H and O–H groups in total. The van der Waals surface area contributed by atoms with E-state index in [-0.39, 0.29) is 0 Å². The Bertz CT molecular complexity index is 801. The van der Waals surface area contributed by atoms with Crippen molar-refractivity contribution in [1.82, 2.24) is 14.6 Å². The molecular weight excluding hydrogens is 262 g/mol. The van der Waals surface area contributed by atoms with Crippen molar-refractivity contribution < 1.29 is 4.79 Å². The van der Waals surface area contributed by atoms with Crippen LogP contribution in [-0.2, 0) is 0 Å². The highest BCUT2D eigenvalue weighted by Crippen LogP contribution is 2.23. The highest BCUT2D eigenvalue weighted by atomic mass is 16.1. The Morgan fingerprint density at radius 2 is 1.86 bits per heavy atom.